The zero-order valence-electron chi connectivity index (χ0n) is 24.1. The summed E-state index contributed by atoms with van der Waals surface area (Å²) in [7, 11) is 2.49. The van der Waals surface area contributed by atoms with E-state index in [9.17, 15) is 29.4 Å². The number of nitrogens with one attached hydrogen (secondary N) is 3. The Labute approximate surface area is 247 Å². The van der Waals surface area contributed by atoms with Crippen LogP contribution in [0.1, 0.15) is 57.0 Å². The highest BCUT2D eigenvalue weighted by Crippen LogP contribution is 2.30. The number of aliphatic hydroxyl groups is 1. The minimum absolute atomic E-state index is 0.0687. The SMILES string of the molecule is COC(=O)C(CO)(CC(C)C)NC(=O)c1ccc(-c2ccc(OC)nc2C(=O)Nc2ccc(C(=N)N)cc2)c(C(=O)O)c1. The van der Waals surface area contributed by atoms with E-state index in [1.165, 1.54) is 31.4 Å². The van der Waals surface area contributed by atoms with Gasteiger partial charge in [0.1, 0.15) is 11.5 Å². The molecule has 226 valence electrons. The molecule has 43 heavy (non-hydrogen) atoms. The number of rotatable bonds is 12. The molecule has 3 aromatic rings. The summed E-state index contributed by atoms with van der Waals surface area (Å²) in [5.41, 5.74) is 4.21. The van der Waals surface area contributed by atoms with E-state index in [2.05, 4.69) is 15.6 Å². The van der Waals surface area contributed by atoms with Crippen molar-refractivity contribution in [1.29, 1.82) is 5.41 Å². The molecule has 3 rings (SSSR count). The van der Waals surface area contributed by atoms with Crippen LogP contribution in [0.25, 0.3) is 11.1 Å². The van der Waals surface area contributed by atoms with E-state index < -0.39 is 35.9 Å². The molecular formula is C30H33N5O8. The second kappa shape index (κ2) is 13.6. The van der Waals surface area contributed by atoms with Crippen LogP contribution < -0.4 is 21.1 Å². The summed E-state index contributed by atoms with van der Waals surface area (Å²) in [5.74, 6) is -3.88. The number of benzene rings is 2. The normalized spacial score (nSPS) is 12.1. The summed E-state index contributed by atoms with van der Waals surface area (Å²) < 4.78 is 9.99. The van der Waals surface area contributed by atoms with Crippen LogP contribution in [-0.2, 0) is 9.53 Å². The van der Waals surface area contributed by atoms with Crippen LogP contribution >= 0.6 is 0 Å². The van der Waals surface area contributed by atoms with E-state index in [-0.39, 0.29) is 52.0 Å². The van der Waals surface area contributed by atoms with Gasteiger partial charge in [-0.2, -0.15) is 0 Å². The molecule has 1 heterocycles. The van der Waals surface area contributed by atoms with E-state index in [4.69, 9.17) is 20.6 Å². The number of amidine groups is 1. The van der Waals surface area contributed by atoms with Gasteiger partial charge in [-0.05, 0) is 60.4 Å². The van der Waals surface area contributed by atoms with Crippen molar-refractivity contribution in [3.05, 3.63) is 77.0 Å². The lowest BCUT2D eigenvalue weighted by Crippen LogP contribution is -2.58. The second-order valence-corrected chi connectivity index (χ2v) is 10.0. The molecule has 0 saturated heterocycles. The van der Waals surface area contributed by atoms with Crippen molar-refractivity contribution < 1.29 is 38.9 Å². The number of esters is 1. The van der Waals surface area contributed by atoms with Gasteiger partial charge in [0.2, 0.25) is 5.88 Å². The maximum absolute atomic E-state index is 13.3. The average Bonchev–Trinajstić information content (AvgIpc) is 2.99. The Hall–Kier alpha value is -5.30. The lowest BCUT2D eigenvalue weighted by atomic mass is 9.88. The number of nitrogens with two attached hydrogens (primary N) is 1. The number of aliphatic hydroxyl groups excluding tert-OH is 1. The summed E-state index contributed by atoms with van der Waals surface area (Å²) in [6, 6.07) is 12.9. The van der Waals surface area contributed by atoms with Crippen LogP contribution in [0.2, 0.25) is 0 Å². The van der Waals surface area contributed by atoms with E-state index in [0.717, 1.165) is 13.2 Å². The van der Waals surface area contributed by atoms with E-state index in [0.29, 0.717) is 11.3 Å². The highest BCUT2D eigenvalue weighted by molar-refractivity contribution is 6.10. The van der Waals surface area contributed by atoms with Gasteiger partial charge in [0, 0.05) is 28.4 Å². The number of anilines is 1. The van der Waals surface area contributed by atoms with Gasteiger partial charge in [-0.1, -0.05) is 19.9 Å². The first kappa shape index (κ1) is 32.2. The largest absolute Gasteiger partial charge is 0.481 e. The Balaban J connectivity index is 2.05. The zero-order chi connectivity index (χ0) is 31.9. The lowest BCUT2D eigenvalue weighted by molar-refractivity contribution is -0.151. The van der Waals surface area contributed by atoms with Crippen LogP contribution in [0.15, 0.2) is 54.6 Å². The number of ether oxygens (including phenoxy) is 2. The highest BCUT2D eigenvalue weighted by atomic mass is 16.5. The monoisotopic (exact) mass is 591 g/mol. The third-order valence-corrected chi connectivity index (χ3v) is 6.51. The fraction of sp³-hybridized carbons (Fsp3) is 0.267. The zero-order valence-corrected chi connectivity index (χ0v) is 24.1. The van der Waals surface area contributed by atoms with E-state index in [1.54, 1.807) is 38.1 Å². The number of hydrogen-bond donors (Lipinski definition) is 6. The number of carboxylic acids is 1. The maximum atomic E-state index is 13.3. The Kier molecular flexibility index (Phi) is 10.2. The highest BCUT2D eigenvalue weighted by Gasteiger charge is 2.41. The number of carbonyl (C=O) groups is 4. The topological polar surface area (TPSA) is 214 Å². The quantitative estimate of drug-likeness (QED) is 0.103. The predicted octanol–water partition coefficient (Wildman–Crippen LogP) is 2.67. The number of aromatic nitrogens is 1. The number of pyridine rings is 1. The maximum Gasteiger partial charge on any atom is 0.336 e. The van der Waals surface area contributed by atoms with Crippen molar-refractivity contribution in [3.8, 4) is 17.0 Å². The predicted molar refractivity (Wildman–Crippen MR) is 157 cm³/mol. The molecule has 0 aliphatic carbocycles. The first-order valence-corrected chi connectivity index (χ1v) is 13.1. The lowest BCUT2D eigenvalue weighted by Gasteiger charge is -2.31. The molecule has 0 bridgehead atoms. The average molecular weight is 592 g/mol. The number of hydrogen-bond acceptors (Lipinski definition) is 9. The standard InChI is InChI=1S/C30H33N5O8/c1-16(2)14-30(15-36,29(41)43-4)35-26(37)18-7-10-20(22(13-18)28(39)40)21-11-12-23(42-3)34-24(21)27(38)33-19-8-5-17(6-9-19)25(31)32/h5-13,16,36H,14-15H2,1-4H3,(H3,31,32)(H,33,38)(H,35,37)(H,39,40). The number of aromatic carboxylic acids is 1. The molecular weight excluding hydrogens is 558 g/mol. The molecule has 0 radical (unpaired) electrons. The van der Waals surface area contributed by atoms with Crippen molar-refractivity contribution in [2.45, 2.75) is 25.8 Å². The van der Waals surface area contributed by atoms with Crippen molar-refractivity contribution in [2.75, 3.05) is 26.1 Å². The fourth-order valence-electron chi connectivity index (χ4n) is 4.50. The van der Waals surface area contributed by atoms with Crippen molar-refractivity contribution in [1.82, 2.24) is 10.3 Å². The number of nitrogen functional groups attached to an aromatic ring is 1. The molecule has 13 nitrogen and oxygen atoms in total. The number of methoxy groups -OCH3 is 2. The Morgan fingerprint density at radius 3 is 2.14 bits per heavy atom. The molecule has 0 spiro atoms. The molecule has 1 aromatic heterocycles. The molecule has 0 saturated carbocycles. The van der Waals surface area contributed by atoms with Crippen LogP contribution in [0.3, 0.4) is 0 Å². The van der Waals surface area contributed by atoms with Crippen LogP contribution in [-0.4, -0.2) is 71.2 Å². The first-order valence-electron chi connectivity index (χ1n) is 13.1. The van der Waals surface area contributed by atoms with Gasteiger partial charge in [-0.25, -0.2) is 14.6 Å². The third kappa shape index (κ3) is 7.32. The minimum Gasteiger partial charge on any atom is -0.481 e. The summed E-state index contributed by atoms with van der Waals surface area (Å²) >= 11 is 0. The van der Waals surface area contributed by atoms with Gasteiger partial charge >= 0.3 is 11.9 Å². The van der Waals surface area contributed by atoms with Gasteiger partial charge in [0.25, 0.3) is 11.8 Å². The van der Waals surface area contributed by atoms with Gasteiger partial charge in [-0.3, -0.25) is 15.0 Å². The summed E-state index contributed by atoms with van der Waals surface area (Å²) in [6.07, 6.45) is 0.0687. The van der Waals surface area contributed by atoms with Crippen LogP contribution in [0.5, 0.6) is 5.88 Å². The van der Waals surface area contributed by atoms with Gasteiger partial charge in [0.15, 0.2) is 5.54 Å². The molecule has 1 unspecified atom stereocenters. The van der Waals surface area contributed by atoms with Gasteiger partial charge in [-0.15, -0.1) is 0 Å². The van der Waals surface area contributed by atoms with Crippen molar-refractivity contribution in [3.63, 3.8) is 0 Å². The summed E-state index contributed by atoms with van der Waals surface area (Å²) in [5, 5.41) is 32.8. The smallest absolute Gasteiger partial charge is 0.336 e. The molecule has 2 aromatic carbocycles. The molecule has 1 atom stereocenters. The molecule has 0 fully saturated rings. The van der Waals surface area contributed by atoms with E-state index in [1.807, 2.05) is 0 Å². The minimum atomic E-state index is -1.74. The van der Waals surface area contributed by atoms with Crippen LogP contribution in [0, 0.1) is 11.3 Å². The molecule has 0 aliphatic rings. The third-order valence-electron chi connectivity index (χ3n) is 6.51. The molecule has 2 amide bonds. The Morgan fingerprint density at radius 1 is 0.977 bits per heavy atom. The Bertz CT molecular complexity index is 1550. The summed E-state index contributed by atoms with van der Waals surface area (Å²) in [6.45, 7) is 2.87. The number of carboxylic acid groups (broad SMARTS) is 1. The van der Waals surface area contributed by atoms with Gasteiger partial charge in [0.05, 0.1) is 26.4 Å². The first-order chi connectivity index (χ1) is 20.3. The number of nitrogens with zero attached hydrogens (tertiary/aromatic N) is 1. The van der Waals surface area contributed by atoms with Gasteiger partial charge < -0.3 is 36.1 Å². The second-order valence-electron chi connectivity index (χ2n) is 10.0. The molecule has 0 aliphatic heterocycles. The number of carbonyl (C=O) groups excluding carboxylic acids is 3. The van der Waals surface area contributed by atoms with Crippen molar-refractivity contribution >= 4 is 35.3 Å². The number of amides is 2. The fourth-order valence-corrected chi connectivity index (χ4v) is 4.50. The van der Waals surface area contributed by atoms with Crippen LogP contribution in [0.4, 0.5) is 5.69 Å². The summed E-state index contributed by atoms with van der Waals surface area (Å²) in [4.78, 5) is 55.8. The van der Waals surface area contributed by atoms with E-state index >= 15 is 0 Å². The molecule has 13 heteroatoms. The Morgan fingerprint density at radius 2 is 1.60 bits per heavy atom. The molecule has 7 N–H and O–H groups in total. The van der Waals surface area contributed by atoms with Crippen molar-refractivity contribution in [2.24, 2.45) is 11.7 Å².